The average molecular weight is 346 g/mol. The first-order valence-corrected chi connectivity index (χ1v) is 7.77. The number of nitrogens with two attached hydrogens (primary N) is 1. The second-order valence-corrected chi connectivity index (χ2v) is 8.19. The van der Waals surface area contributed by atoms with Crippen LogP contribution >= 0.6 is 0 Å². The molecule has 0 atom stereocenters. The van der Waals surface area contributed by atoms with Crippen molar-refractivity contribution in [2.75, 3.05) is 19.6 Å². The topological polar surface area (TPSA) is 89.3 Å². The van der Waals surface area contributed by atoms with E-state index in [1.54, 1.807) is 6.20 Å². The number of piperidine rings is 1. The monoisotopic (exact) mass is 346 g/mol. The Morgan fingerprint density at radius 2 is 2.18 bits per heavy atom. The summed E-state index contributed by atoms with van der Waals surface area (Å²) in [4.78, 5) is 6.56. The van der Waals surface area contributed by atoms with E-state index >= 15 is 0 Å². The molecule has 4 N–H and O–H groups in total. The Morgan fingerprint density at radius 1 is 1.47 bits per heavy atom. The summed E-state index contributed by atoms with van der Waals surface area (Å²) in [5.41, 5.74) is 5.40. The molecule has 1 fully saturated rings. The standard InChI is InChI=1S/C11H17IN5/c13-4-1-9-12-11(8-16-9)2-5-17(6-3-11)10(15)7-14/h1,4,7,14-15H,2-3,5-6,8,13H2/q-1/b4-1-,14-7?,15-10?. The zero-order chi connectivity index (χ0) is 12.3. The van der Waals surface area contributed by atoms with Gasteiger partial charge in [0.15, 0.2) is 0 Å². The summed E-state index contributed by atoms with van der Waals surface area (Å²) in [5.74, 6) is 0.332. The van der Waals surface area contributed by atoms with Gasteiger partial charge in [-0.05, 0) is 0 Å². The van der Waals surface area contributed by atoms with Crippen LogP contribution in [0.2, 0.25) is 0 Å². The van der Waals surface area contributed by atoms with Crippen molar-refractivity contribution >= 4 is 15.8 Å². The number of aliphatic imine (C=N–C) groups is 1. The van der Waals surface area contributed by atoms with Gasteiger partial charge in [0, 0.05) is 0 Å². The molecule has 2 heterocycles. The minimum atomic E-state index is -0.0528. The zero-order valence-corrected chi connectivity index (χ0v) is 11.8. The molecule has 2 aliphatic heterocycles. The third-order valence-corrected chi connectivity index (χ3v) is 7.00. The van der Waals surface area contributed by atoms with Crippen LogP contribution in [-0.2, 0) is 0 Å². The first kappa shape index (κ1) is 12.5. The van der Waals surface area contributed by atoms with Crippen LogP contribution in [0.15, 0.2) is 17.3 Å². The van der Waals surface area contributed by atoms with E-state index in [1.165, 1.54) is 3.72 Å². The van der Waals surface area contributed by atoms with Crippen molar-refractivity contribution in [1.82, 2.24) is 4.90 Å². The number of alkyl halides is 1. The Morgan fingerprint density at radius 3 is 2.76 bits per heavy atom. The first-order valence-electron chi connectivity index (χ1n) is 5.62. The van der Waals surface area contributed by atoms with E-state index in [2.05, 4.69) is 4.99 Å². The van der Waals surface area contributed by atoms with Gasteiger partial charge in [-0.1, -0.05) is 0 Å². The van der Waals surface area contributed by atoms with E-state index in [0.29, 0.717) is 9.26 Å². The van der Waals surface area contributed by atoms with Crippen LogP contribution in [0.4, 0.5) is 0 Å². The third kappa shape index (κ3) is 2.67. The van der Waals surface area contributed by atoms with E-state index in [-0.39, 0.29) is 21.2 Å². The van der Waals surface area contributed by atoms with Crippen molar-refractivity contribution in [2.45, 2.75) is 16.3 Å². The maximum absolute atomic E-state index is 7.63. The molecule has 0 amide bonds. The Balaban J connectivity index is 1.92. The molecule has 2 rings (SSSR count). The van der Waals surface area contributed by atoms with Crippen molar-refractivity contribution in [3.8, 4) is 0 Å². The van der Waals surface area contributed by atoms with Gasteiger partial charge in [0.1, 0.15) is 0 Å². The summed E-state index contributed by atoms with van der Waals surface area (Å²) in [6.07, 6.45) is 6.84. The summed E-state index contributed by atoms with van der Waals surface area (Å²) in [5, 5.41) is 14.7. The summed E-state index contributed by atoms with van der Waals surface area (Å²) in [6.45, 7) is 2.72. The fourth-order valence-electron chi connectivity index (χ4n) is 2.14. The van der Waals surface area contributed by atoms with Crippen molar-refractivity contribution in [1.29, 1.82) is 10.8 Å². The number of likely N-dealkylation sites (tertiary alicyclic amines) is 1. The molecule has 17 heavy (non-hydrogen) atoms. The van der Waals surface area contributed by atoms with Gasteiger partial charge >= 0.3 is 112 Å². The molecular weight excluding hydrogens is 329 g/mol. The first-order chi connectivity index (χ1) is 8.19. The number of nitrogens with one attached hydrogen (secondary N) is 2. The summed E-state index contributed by atoms with van der Waals surface area (Å²) in [7, 11) is 0. The summed E-state index contributed by atoms with van der Waals surface area (Å²) >= 11 is -0.0528. The number of rotatable bonds is 2. The second kappa shape index (κ2) is 5.16. The Hall–Kier alpha value is -0.920. The molecule has 0 aromatic carbocycles. The third-order valence-electron chi connectivity index (χ3n) is 3.18. The molecule has 1 saturated heterocycles. The second-order valence-electron chi connectivity index (χ2n) is 4.26. The minimum absolute atomic E-state index is 0.0528. The number of allylic oxidation sites excluding steroid dienone is 1. The van der Waals surface area contributed by atoms with Gasteiger partial charge in [-0.25, -0.2) is 0 Å². The van der Waals surface area contributed by atoms with Crippen LogP contribution in [0.1, 0.15) is 12.8 Å². The molecule has 0 aromatic rings. The Labute approximate surface area is 111 Å². The van der Waals surface area contributed by atoms with Crippen LogP contribution < -0.4 is 26.9 Å². The van der Waals surface area contributed by atoms with Gasteiger partial charge in [0.2, 0.25) is 0 Å². The van der Waals surface area contributed by atoms with Crippen LogP contribution in [0.3, 0.4) is 0 Å². The fraction of sp³-hybridized carbons (Fsp3) is 0.545. The number of nitrogens with zero attached hydrogens (tertiary/aromatic N) is 2. The molecular formula is C11H17IN5-. The van der Waals surface area contributed by atoms with Gasteiger partial charge in [-0.15, -0.1) is 0 Å². The molecule has 0 aliphatic carbocycles. The molecule has 1 spiro atoms. The molecule has 6 heteroatoms. The van der Waals surface area contributed by atoms with Crippen LogP contribution in [0, 0.1) is 10.8 Å². The van der Waals surface area contributed by atoms with E-state index in [1.807, 2.05) is 11.0 Å². The Bertz CT molecular complexity index is 379. The molecule has 0 bridgehead atoms. The van der Waals surface area contributed by atoms with Crippen LogP contribution in [0.5, 0.6) is 0 Å². The predicted molar refractivity (Wildman–Crippen MR) is 65.7 cm³/mol. The van der Waals surface area contributed by atoms with Gasteiger partial charge in [0.25, 0.3) is 0 Å². The fourth-order valence-corrected chi connectivity index (χ4v) is 5.40. The van der Waals surface area contributed by atoms with E-state index in [9.17, 15) is 0 Å². The van der Waals surface area contributed by atoms with E-state index in [4.69, 9.17) is 16.6 Å². The summed E-state index contributed by atoms with van der Waals surface area (Å²) in [6, 6.07) is 0. The van der Waals surface area contributed by atoms with Gasteiger partial charge in [0.05, 0.1) is 0 Å². The van der Waals surface area contributed by atoms with Crippen LogP contribution in [-0.4, -0.2) is 43.7 Å². The van der Waals surface area contributed by atoms with Crippen molar-refractivity contribution in [2.24, 2.45) is 10.7 Å². The quantitative estimate of drug-likeness (QED) is 0.222. The van der Waals surface area contributed by atoms with E-state index < -0.39 is 0 Å². The molecule has 94 valence electrons. The molecule has 0 unspecified atom stereocenters. The zero-order valence-electron chi connectivity index (χ0n) is 9.62. The summed E-state index contributed by atoms with van der Waals surface area (Å²) < 4.78 is 1.61. The Kier molecular flexibility index (Phi) is 3.80. The molecule has 0 aromatic heterocycles. The molecule has 5 nitrogen and oxygen atoms in total. The van der Waals surface area contributed by atoms with Crippen molar-refractivity contribution in [3.63, 3.8) is 0 Å². The number of hydrogen-bond acceptors (Lipinski definition) is 4. The number of hydrogen-bond donors (Lipinski definition) is 3. The van der Waals surface area contributed by atoms with Gasteiger partial charge < -0.3 is 0 Å². The normalized spacial score (nSPS) is 23.5. The van der Waals surface area contributed by atoms with Crippen molar-refractivity contribution in [3.05, 3.63) is 12.3 Å². The SMILES string of the molecule is N=CC(=N)N1CCC2(CC1)CN=C(/C=C\N)[I-]2. The maximum atomic E-state index is 7.63. The predicted octanol–water partition coefficient (Wildman–Crippen LogP) is -2.58. The van der Waals surface area contributed by atoms with Gasteiger partial charge in [-0.2, -0.15) is 0 Å². The van der Waals surface area contributed by atoms with Crippen molar-refractivity contribution < 1.29 is 21.2 Å². The van der Waals surface area contributed by atoms with Crippen LogP contribution in [0.25, 0.3) is 0 Å². The van der Waals surface area contributed by atoms with Gasteiger partial charge in [-0.3, -0.25) is 0 Å². The average Bonchev–Trinajstić information content (AvgIpc) is 2.73. The molecule has 0 radical (unpaired) electrons. The molecule has 0 saturated carbocycles. The molecule has 2 aliphatic rings. The number of amidine groups is 1. The number of halogens is 1. The van der Waals surface area contributed by atoms with E-state index in [0.717, 1.165) is 38.7 Å².